The van der Waals surface area contributed by atoms with E-state index in [0.29, 0.717) is 11.3 Å². The summed E-state index contributed by atoms with van der Waals surface area (Å²) in [5, 5.41) is 0.842. The number of para-hydroxylation sites is 1. The minimum absolute atomic E-state index is 0.226. The number of halogens is 1. The van der Waals surface area contributed by atoms with Crippen molar-refractivity contribution in [1.29, 1.82) is 0 Å². The Labute approximate surface area is 107 Å². The lowest BCUT2D eigenvalue weighted by Crippen LogP contribution is -2.05. The molecule has 0 saturated heterocycles. The lowest BCUT2D eigenvalue weighted by Gasteiger charge is -2.08. The van der Waals surface area contributed by atoms with Gasteiger partial charge in [0.05, 0.1) is 19.7 Å². The molecule has 0 fully saturated rings. The van der Waals surface area contributed by atoms with Gasteiger partial charge in [-0.25, -0.2) is 9.78 Å². The largest absolute Gasteiger partial charge is 0.496 e. The summed E-state index contributed by atoms with van der Waals surface area (Å²) in [7, 11) is 2.87. The number of carbonyl (C=O) groups excluding carboxylic acids is 1. The molecule has 17 heavy (non-hydrogen) atoms. The second-order valence-electron chi connectivity index (χ2n) is 3.34. The van der Waals surface area contributed by atoms with Gasteiger partial charge in [0.1, 0.15) is 5.75 Å². The van der Waals surface area contributed by atoms with Crippen molar-refractivity contribution in [2.24, 2.45) is 0 Å². The Kier molecular flexibility index (Phi) is 3.28. The maximum atomic E-state index is 11.5. The van der Waals surface area contributed by atoms with Gasteiger partial charge in [0, 0.05) is 15.9 Å². The van der Waals surface area contributed by atoms with Crippen LogP contribution in [0.2, 0.25) is 0 Å². The van der Waals surface area contributed by atoms with Crippen LogP contribution in [-0.2, 0) is 4.74 Å². The highest BCUT2D eigenvalue weighted by Gasteiger charge is 2.13. The number of aromatic nitrogens is 1. The van der Waals surface area contributed by atoms with Crippen LogP contribution in [0.5, 0.6) is 5.75 Å². The molecule has 4 nitrogen and oxygen atoms in total. The van der Waals surface area contributed by atoms with Gasteiger partial charge in [-0.15, -0.1) is 0 Å². The molecule has 0 unspecified atom stereocenters. The number of benzene rings is 1. The van der Waals surface area contributed by atoms with Crippen LogP contribution < -0.4 is 4.74 Å². The molecule has 0 N–H and O–H groups in total. The number of nitrogens with zero attached hydrogens (tertiary/aromatic N) is 1. The Balaban J connectivity index is 2.76. The molecule has 0 atom stereocenters. The summed E-state index contributed by atoms with van der Waals surface area (Å²) < 4.78 is 10.7. The second-order valence-corrected chi connectivity index (χ2v) is 4.19. The molecule has 0 radical (unpaired) electrons. The van der Waals surface area contributed by atoms with E-state index in [1.165, 1.54) is 7.11 Å². The van der Waals surface area contributed by atoms with Gasteiger partial charge in [-0.1, -0.05) is 6.07 Å². The maximum Gasteiger partial charge on any atom is 0.356 e. The van der Waals surface area contributed by atoms with Crippen molar-refractivity contribution in [3.05, 3.63) is 34.4 Å². The number of methoxy groups -OCH3 is 2. The van der Waals surface area contributed by atoms with Gasteiger partial charge in [-0.3, -0.25) is 0 Å². The summed E-state index contributed by atoms with van der Waals surface area (Å²) in [6.45, 7) is 0. The standard InChI is InChI=1S/C12H10BrNO3/c1-16-10-6-9(12(15)17-2)14-11-7(10)4-3-5-8(11)13/h3-6H,1-2H3. The lowest BCUT2D eigenvalue weighted by atomic mass is 10.2. The smallest absolute Gasteiger partial charge is 0.356 e. The van der Waals surface area contributed by atoms with Crippen molar-refractivity contribution < 1.29 is 14.3 Å². The molecule has 1 aromatic heterocycles. The fourth-order valence-corrected chi connectivity index (χ4v) is 2.02. The van der Waals surface area contributed by atoms with Crippen LogP contribution in [0.4, 0.5) is 0 Å². The molecule has 5 heteroatoms. The zero-order valence-corrected chi connectivity index (χ0v) is 10.9. The number of rotatable bonds is 2. The van der Waals surface area contributed by atoms with Gasteiger partial charge in [-0.2, -0.15) is 0 Å². The van der Waals surface area contributed by atoms with E-state index in [4.69, 9.17) is 4.74 Å². The molecule has 2 rings (SSSR count). The molecule has 0 spiro atoms. The van der Waals surface area contributed by atoms with Crippen LogP contribution >= 0.6 is 15.9 Å². The predicted molar refractivity (Wildman–Crippen MR) is 67.3 cm³/mol. The first kappa shape index (κ1) is 11.9. The van der Waals surface area contributed by atoms with Crippen molar-refractivity contribution in [3.63, 3.8) is 0 Å². The Morgan fingerprint density at radius 2 is 2.12 bits per heavy atom. The maximum absolute atomic E-state index is 11.5. The van der Waals surface area contributed by atoms with E-state index in [1.54, 1.807) is 13.2 Å². The summed E-state index contributed by atoms with van der Waals surface area (Å²) in [6, 6.07) is 7.19. The second kappa shape index (κ2) is 4.71. The number of esters is 1. The zero-order chi connectivity index (χ0) is 12.4. The number of pyridine rings is 1. The Morgan fingerprint density at radius 1 is 1.35 bits per heavy atom. The van der Waals surface area contributed by atoms with Crippen LogP contribution in [0.25, 0.3) is 10.9 Å². The first-order chi connectivity index (χ1) is 8.17. The van der Waals surface area contributed by atoms with E-state index in [-0.39, 0.29) is 5.69 Å². The first-order valence-electron chi connectivity index (χ1n) is 4.89. The van der Waals surface area contributed by atoms with Crippen molar-refractivity contribution in [1.82, 2.24) is 4.98 Å². The SMILES string of the molecule is COC(=O)c1cc(OC)c2cccc(Br)c2n1. The molecule has 0 saturated carbocycles. The van der Waals surface area contributed by atoms with Crippen molar-refractivity contribution >= 4 is 32.8 Å². The molecule has 1 heterocycles. The first-order valence-corrected chi connectivity index (χ1v) is 5.68. The summed E-state index contributed by atoms with van der Waals surface area (Å²) >= 11 is 3.40. The normalized spacial score (nSPS) is 10.3. The number of fused-ring (bicyclic) bond motifs is 1. The van der Waals surface area contributed by atoms with E-state index in [2.05, 4.69) is 25.7 Å². The zero-order valence-electron chi connectivity index (χ0n) is 9.36. The molecular weight excluding hydrogens is 286 g/mol. The highest BCUT2D eigenvalue weighted by molar-refractivity contribution is 9.10. The monoisotopic (exact) mass is 295 g/mol. The summed E-state index contributed by atoms with van der Waals surface area (Å²) in [6.07, 6.45) is 0. The Morgan fingerprint density at radius 3 is 2.76 bits per heavy atom. The minimum atomic E-state index is -0.485. The Bertz CT molecular complexity index is 583. The van der Waals surface area contributed by atoms with Crippen LogP contribution in [0.3, 0.4) is 0 Å². The third-order valence-electron chi connectivity index (χ3n) is 2.37. The lowest BCUT2D eigenvalue weighted by molar-refractivity contribution is 0.0594. The highest BCUT2D eigenvalue weighted by Crippen LogP contribution is 2.30. The molecule has 2 aromatic rings. The van der Waals surface area contributed by atoms with Gasteiger partial charge >= 0.3 is 5.97 Å². The number of hydrogen-bond donors (Lipinski definition) is 0. The Hall–Kier alpha value is -1.62. The van der Waals surface area contributed by atoms with E-state index in [1.807, 2.05) is 18.2 Å². The number of hydrogen-bond acceptors (Lipinski definition) is 4. The number of ether oxygens (including phenoxy) is 2. The van der Waals surface area contributed by atoms with E-state index >= 15 is 0 Å². The molecule has 0 aliphatic rings. The van der Waals surface area contributed by atoms with Crippen molar-refractivity contribution in [2.45, 2.75) is 0 Å². The van der Waals surface area contributed by atoms with Crippen LogP contribution in [-0.4, -0.2) is 25.2 Å². The average Bonchev–Trinajstić information content (AvgIpc) is 2.37. The van der Waals surface area contributed by atoms with Gasteiger partial charge in [-0.05, 0) is 28.1 Å². The molecule has 1 aromatic carbocycles. The van der Waals surface area contributed by atoms with Crippen LogP contribution in [0.15, 0.2) is 28.7 Å². The molecular formula is C12H10BrNO3. The van der Waals surface area contributed by atoms with Crippen LogP contribution in [0.1, 0.15) is 10.5 Å². The minimum Gasteiger partial charge on any atom is -0.496 e. The van der Waals surface area contributed by atoms with Gasteiger partial charge in [0.25, 0.3) is 0 Å². The summed E-state index contributed by atoms with van der Waals surface area (Å²) in [5.74, 6) is 0.109. The average molecular weight is 296 g/mol. The van der Waals surface area contributed by atoms with E-state index in [9.17, 15) is 4.79 Å². The third kappa shape index (κ3) is 2.10. The molecule has 88 valence electrons. The van der Waals surface area contributed by atoms with E-state index < -0.39 is 5.97 Å². The topological polar surface area (TPSA) is 48.4 Å². The quantitative estimate of drug-likeness (QED) is 0.800. The summed E-state index contributed by atoms with van der Waals surface area (Å²) in [4.78, 5) is 15.7. The fraction of sp³-hybridized carbons (Fsp3) is 0.167. The van der Waals surface area contributed by atoms with Crippen molar-refractivity contribution in [2.75, 3.05) is 14.2 Å². The predicted octanol–water partition coefficient (Wildman–Crippen LogP) is 2.79. The highest BCUT2D eigenvalue weighted by atomic mass is 79.9. The van der Waals surface area contributed by atoms with Crippen LogP contribution in [0, 0.1) is 0 Å². The van der Waals surface area contributed by atoms with Crippen molar-refractivity contribution in [3.8, 4) is 5.75 Å². The molecule has 0 aliphatic heterocycles. The summed E-state index contributed by atoms with van der Waals surface area (Å²) in [5.41, 5.74) is 0.899. The molecule has 0 amide bonds. The fourth-order valence-electron chi connectivity index (χ4n) is 1.56. The van der Waals surface area contributed by atoms with E-state index in [0.717, 1.165) is 9.86 Å². The van der Waals surface area contributed by atoms with Gasteiger partial charge in [0.2, 0.25) is 0 Å². The molecule has 0 aliphatic carbocycles. The van der Waals surface area contributed by atoms with Gasteiger partial charge < -0.3 is 9.47 Å². The molecule has 0 bridgehead atoms. The van der Waals surface area contributed by atoms with Gasteiger partial charge in [0.15, 0.2) is 5.69 Å². The third-order valence-corrected chi connectivity index (χ3v) is 3.01. The number of carbonyl (C=O) groups is 1.